The van der Waals surface area contributed by atoms with Crippen molar-refractivity contribution in [3.05, 3.63) is 65.7 Å². The maximum absolute atomic E-state index is 11.3. The van der Waals surface area contributed by atoms with E-state index in [1.165, 1.54) is 0 Å². The molecule has 4 nitrogen and oxygen atoms in total. The molecule has 2 aromatic rings. The van der Waals surface area contributed by atoms with Crippen LogP contribution in [-0.2, 0) is 4.79 Å². The molecular formula is C20H25NO3. The van der Waals surface area contributed by atoms with Gasteiger partial charge in [0.25, 0.3) is 0 Å². The van der Waals surface area contributed by atoms with Crippen LogP contribution < -0.4 is 10.1 Å². The van der Waals surface area contributed by atoms with Crippen molar-refractivity contribution in [1.29, 1.82) is 0 Å². The summed E-state index contributed by atoms with van der Waals surface area (Å²) in [5.74, 6) is 0.309. The second kappa shape index (κ2) is 8.62. The Morgan fingerprint density at radius 3 is 2.25 bits per heavy atom. The normalized spacial score (nSPS) is 14.7. The Morgan fingerprint density at radius 1 is 1.04 bits per heavy atom. The van der Waals surface area contributed by atoms with E-state index < -0.39 is 6.10 Å². The van der Waals surface area contributed by atoms with E-state index in [2.05, 4.69) is 5.32 Å². The molecule has 0 fully saturated rings. The van der Waals surface area contributed by atoms with Gasteiger partial charge in [0.1, 0.15) is 5.75 Å². The Morgan fingerprint density at radius 2 is 1.67 bits per heavy atom. The third-order valence-electron chi connectivity index (χ3n) is 4.03. The second-order valence-electron chi connectivity index (χ2n) is 5.93. The third kappa shape index (κ3) is 4.91. The monoisotopic (exact) mass is 327 g/mol. The van der Waals surface area contributed by atoms with Gasteiger partial charge in [0, 0.05) is 18.5 Å². The van der Waals surface area contributed by atoms with E-state index in [1.807, 2.05) is 56.3 Å². The maximum atomic E-state index is 11.3. The first-order valence-corrected chi connectivity index (χ1v) is 8.31. The van der Waals surface area contributed by atoms with Gasteiger partial charge in [-0.1, -0.05) is 49.4 Å². The number of esters is 1. The van der Waals surface area contributed by atoms with Gasteiger partial charge in [-0.3, -0.25) is 4.79 Å². The highest BCUT2D eigenvalue weighted by Gasteiger charge is 2.18. The first-order valence-electron chi connectivity index (χ1n) is 8.31. The van der Waals surface area contributed by atoms with E-state index in [1.54, 1.807) is 19.1 Å². The largest absolute Gasteiger partial charge is 0.427 e. The standard InChI is InChI=1S/C20H25NO3/c1-4-19(22)24-18-12-10-16(11-13-18)14(2)21-15(3)20(23)17-8-6-5-7-9-17/h5-15,20-21,23H,4H2,1-3H3/t14?,15-,20+/m1/s1. The van der Waals surface area contributed by atoms with Gasteiger partial charge in [-0.05, 0) is 37.1 Å². The van der Waals surface area contributed by atoms with E-state index in [-0.39, 0.29) is 18.1 Å². The van der Waals surface area contributed by atoms with Crippen LogP contribution in [0.4, 0.5) is 0 Å². The highest BCUT2D eigenvalue weighted by atomic mass is 16.5. The van der Waals surface area contributed by atoms with Gasteiger partial charge in [0.15, 0.2) is 0 Å². The zero-order valence-corrected chi connectivity index (χ0v) is 14.4. The lowest BCUT2D eigenvalue weighted by Gasteiger charge is -2.25. The molecule has 4 heteroatoms. The minimum atomic E-state index is -0.571. The number of aliphatic hydroxyl groups excluding tert-OH is 1. The fourth-order valence-corrected chi connectivity index (χ4v) is 2.55. The van der Waals surface area contributed by atoms with Gasteiger partial charge in [-0.15, -0.1) is 0 Å². The number of ether oxygens (including phenoxy) is 1. The van der Waals surface area contributed by atoms with Gasteiger partial charge in [-0.25, -0.2) is 0 Å². The molecule has 3 atom stereocenters. The molecule has 0 saturated heterocycles. The molecule has 24 heavy (non-hydrogen) atoms. The molecule has 2 N–H and O–H groups in total. The lowest BCUT2D eigenvalue weighted by Crippen LogP contribution is -2.34. The van der Waals surface area contributed by atoms with Crippen LogP contribution in [-0.4, -0.2) is 17.1 Å². The van der Waals surface area contributed by atoms with Gasteiger partial charge in [0.2, 0.25) is 0 Å². The summed E-state index contributed by atoms with van der Waals surface area (Å²) >= 11 is 0. The highest BCUT2D eigenvalue weighted by molar-refractivity contribution is 5.71. The maximum Gasteiger partial charge on any atom is 0.310 e. The molecule has 0 radical (unpaired) electrons. The van der Waals surface area contributed by atoms with Crippen LogP contribution in [0.25, 0.3) is 0 Å². The van der Waals surface area contributed by atoms with Crippen LogP contribution in [0.5, 0.6) is 5.75 Å². The van der Waals surface area contributed by atoms with E-state index in [0.717, 1.165) is 11.1 Å². The molecule has 0 heterocycles. The van der Waals surface area contributed by atoms with E-state index >= 15 is 0 Å². The van der Waals surface area contributed by atoms with Crippen molar-refractivity contribution in [2.24, 2.45) is 0 Å². The Hall–Kier alpha value is -2.17. The Balaban J connectivity index is 1.96. The quantitative estimate of drug-likeness (QED) is 0.600. The Kier molecular flexibility index (Phi) is 6.53. The van der Waals surface area contributed by atoms with Crippen molar-refractivity contribution in [3.8, 4) is 5.75 Å². The van der Waals surface area contributed by atoms with Gasteiger partial charge in [-0.2, -0.15) is 0 Å². The first kappa shape index (κ1) is 18.2. The summed E-state index contributed by atoms with van der Waals surface area (Å²) in [4.78, 5) is 11.3. The van der Waals surface area contributed by atoms with Crippen LogP contribution in [0.1, 0.15) is 50.5 Å². The van der Waals surface area contributed by atoms with Crippen LogP contribution in [0.3, 0.4) is 0 Å². The van der Waals surface area contributed by atoms with Crippen molar-refractivity contribution >= 4 is 5.97 Å². The van der Waals surface area contributed by atoms with E-state index in [4.69, 9.17) is 4.74 Å². The van der Waals surface area contributed by atoms with Gasteiger partial charge < -0.3 is 15.2 Å². The fraction of sp³-hybridized carbons (Fsp3) is 0.350. The number of hydrogen-bond donors (Lipinski definition) is 2. The highest BCUT2D eigenvalue weighted by Crippen LogP contribution is 2.22. The van der Waals surface area contributed by atoms with Crippen molar-refractivity contribution in [2.45, 2.75) is 45.4 Å². The molecule has 0 aliphatic carbocycles. The van der Waals surface area contributed by atoms with E-state index in [0.29, 0.717) is 12.2 Å². The number of benzene rings is 2. The SMILES string of the molecule is CCC(=O)Oc1ccc(C(C)N[C@H](C)[C@H](O)c2ccccc2)cc1. The molecule has 1 unspecified atom stereocenters. The Labute approximate surface area is 143 Å². The van der Waals surface area contributed by atoms with Crippen molar-refractivity contribution < 1.29 is 14.6 Å². The van der Waals surface area contributed by atoms with Crippen molar-refractivity contribution in [2.75, 3.05) is 0 Å². The van der Waals surface area contributed by atoms with Crippen molar-refractivity contribution in [3.63, 3.8) is 0 Å². The number of carbonyl (C=O) groups excluding carboxylic acids is 1. The number of aliphatic hydroxyl groups is 1. The topological polar surface area (TPSA) is 58.6 Å². The number of carbonyl (C=O) groups is 1. The Bertz CT molecular complexity index is 640. The van der Waals surface area contributed by atoms with Crippen LogP contribution in [0, 0.1) is 0 Å². The molecule has 0 spiro atoms. The zero-order valence-electron chi connectivity index (χ0n) is 14.4. The molecule has 0 bridgehead atoms. The minimum Gasteiger partial charge on any atom is -0.427 e. The number of rotatable bonds is 7. The average molecular weight is 327 g/mol. The summed E-state index contributed by atoms with van der Waals surface area (Å²) in [7, 11) is 0. The van der Waals surface area contributed by atoms with Gasteiger partial charge >= 0.3 is 5.97 Å². The summed E-state index contributed by atoms with van der Waals surface area (Å²) in [5.41, 5.74) is 1.96. The van der Waals surface area contributed by atoms with Crippen LogP contribution >= 0.6 is 0 Å². The summed E-state index contributed by atoms with van der Waals surface area (Å²) in [5, 5.41) is 13.8. The molecule has 0 aliphatic rings. The summed E-state index contributed by atoms with van der Waals surface area (Å²) in [6.07, 6.45) is -0.215. The molecule has 0 aliphatic heterocycles. The molecule has 2 aromatic carbocycles. The van der Waals surface area contributed by atoms with Gasteiger partial charge in [0.05, 0.1) is 6.10 Å². The predicted octanol–water partition coefficient (Wildman–Crippen LogP) is 3.77. The minimum absolute atomic E-state index is 0.0642. The number of hydrogen-bond acceptors (Lipinski definition) is 4. The zero-order chi connectivity index (χ0) is 17.5. The fourth-order valence-electron chi connectivity index (χ4n) is 2.55. The predicted molar refractivity (Wildman–Crippen MR) is 94.8 cm³/mol. The van der Waals surface area contributed by atoms with Crippen molar-refractivity contribution in [1.82, 2.24) is 5.32 Å². The lowest BCUT2D eigenvalue weighted by molar-refractivity contribution is -0.134. The molecule has 0 amide bonds. The molecular weight excluding hydrogens is 302 g/mol. The summed E-state index contributed by atoms with van der Waals surface area (Å²) in [6.45, 7) is 5.77. The lowest BCUT2D eigenvalue weighted by atomic mass is 10.0. The van der Waals surface area contributed by atoms with Crippen LogP contribution in [0.2, 0.25) is 0 Å². The molecule has 128 valence electrons. The van der Waals surface area contributed by atoms with Crippen LogP contribution in [0.15, 0.2) is 54.6 Å². The third-order valence-corrected chi connectivity index (χ3v) is 4.03. The summed E-state index contributed by atoms with van der Waals surface area (Å²) < 4.78 is 5.18. The average Bonchev–Trinajstić information content (AvgIpc) is 2.62. The molecule has 0 saturated carbocycles. The smallest absolute Gasteiger partial charge is 0.310 e. The second-order valence-corrected chi connectivity index (χ2v) is 5.93. The molecule has 2 rings (SSSR count). The van der Waals surface area contributed by atoms with E-state index in [9.17, 15) is 9.90 Å². The first-order chi connectivity index (χ1) is 11.5. The number of nitrogens with one attached hydrogen (secondary N) is 1. The summed E-state index contributed by atoms with van der Waals surface area (Å²) in [6, 6.07) is 17.0. The molecule has 0 aromatic heterocycles.